The highest BCUT2D eigenvalue weighted by Gasteiger charge is 2.55. The summed E-state index contributed by atoms with van der Waals surface area (Å²) in [6.45, 7) is 2.62. The average molecular weight is 465 g/mol. The quantitative estimate of drug-likeness (QED) is 0.643. The first-order chi connectivity index (χ1) is 16.3. The van der Waals surface area contributed by atoms with Crippen LogP contribution in [-0.4, -0.2) is 40.5 Å². The molecule has 2 aromatic rings. The number of pyridine rings is 1. The molecule has 1 aromatic carbocycles. The molecule has 2 saturated carbocycles. The van der Waals surface area contributed by atoms with Crippen molar-refractivity contribution in [2.45, 2.75) is 63.7 Å². The molecule has 34 heavy (non-hydrogen) atoms. The van der Waals surface area contributed by atoms with Gasteiger partial charge in [-0.2, -0.15) is 0 Å². The van der Waals surface area contributed by atoms with Gasteiger partial charge >= 0.3 is 5.97 Å². The Hall–Kier alpha value is -2.76. The monoisotopic (exact) mass is 464 g/mol. The third kappa shape index (κ3) is 3.91. The number of halogens is 1. The van der Waals surface area contributed by atoms with Crippen molar-refractivity contribution in [3.05, 3.63) is 64.7 Å². The minimum absolute atomic E-state index is 0.0518. The van der Waals surface area contributed by atoms with Gasteiger partial charge in [0.25, 0.3) is 5.91 Å². The summed E-state index contributed by atoms with van der Waals surface area (Å²) in [7, 11) is 1.66. The Morgan fingerprint density at radius 1 is 1.18 bits per heavy atom. The Morgan fingerprint density at radius 3 is 2.76 bits per heavy atom. The van der Waals surface area contributed by atoms with Crippen molar-refractivity contribution < 1.29 is 19.1 Å². The number of nitrogens with zero attached hydrogens (tertiary/aromatic N) is 2. The van der Waals surface area contributed by atoms with E-state index in [9.17, 15) is 14.0 Å². The van der Waals surface area contributed by atoms with E-state index < -0.39 is 5.97 Å². The van der Waals surface area contributed by atoms with E-state index in [0.717, 1.165) is 37.7 Å². The lowest BCUT2D eigenvalue weighted by Crippen LogP contribution is -2.41. The summed E-state index contributed by atoms with van der Waals surface area (Å²) >= 11 is 0. The Labute approximate surface area is 200 Å². The lowest BCUT2D eigenvalue weighted by atomic mass is 9.53. The molecular formula is C28H33FN2O3. The summed E-state index contributed by atoms with van der Waals surface area (Å²) < 4.78 is 13.9. The minimum atomic E-state index is -0.900. The van der Waals surface area contributed by atoms with Crippen LogP contribution in [-0.2, 0) is 11.2 Å². The number of aliphatic carboxylic acids is 1. The molecule has 0 bridgehead atoms. The Kier molecular flexibility index (Phi) is 5.95. The summed E-state index contributed by atoms with van der Waals surface area (Å²) in [5, 5.41) is 8.90. The second kappa shape index (κ2) is 8.79. The number of amides is 1. The van der Waals surface area contributed by atoms with Gasteiger partial charge in [-0.3, -0.25) is 14.6 Å². The summed E-state index contributed by atoms with van der Waals surface area (Å²) in [5.74, 6) is 0.856. The molecule has 5 rings (SSSR count). The number of fused-ring (bicyclic) bond motifs is 5. The Balaban J connectivity index is 1.35. The van der Waals surface area contributed by atoms with Crippen molar-refractivity contribution in [2.24, 2.45) is 17.3 Å². The molecule has 1 amide bonds. The van der Waals surface area contributed by atoms with E-state index in [4.69, 9.17) is 5.11 Å². The highest BCUT2D eigenvalue weighted by Crippen LogP contribution is 2.65. The van der Waals surface area contributed by atoms with Crippen LogP contribution in [0, 0.1) is 23.1 Å². The normalized spacial score (nSPS) is 29.6. The molecule has 3 aliphatic rings. The van der Waals surface area contributed by atoms with Gasteiger partial charge in [-0.05, 0) is 103 Å². The van der Waals surface area contributed by atoms with E-state index in [2.05, 4.69) is 18.0 Å². The van der Waals surface area contributed by atoms with Gasteiger partial charge in [0.15, 0.2) is 0 Å². The van der Waals surface area contributed by atoms with Crippen molar-refractivity contribution in [3.8, 4) is 0 Å². The van der Waals surface area contributed by atoms with Gasteiger partial charge in [-0.25, -0.2) is 4.39 Å². The zero-order valence-electron chi connectivity index (χ0n) is 20.0. The molecule has 0 radical (unpaired) electrons. The van der Waals surface area contributed by atoms with Gasteiger partial charge < -0.3 is 10.0 Å². The van der Waals surface area contributed by atoms with E-state index >= 15 is 0 Å². The van der Waals surface area contributed by atoms with Crippen molar-refractivity contribution in [2.75, 3.05) is 13.6 Å². The number of carboxylic acids is 1. The van der Waals surface area contributed by atoms with Gasteiger partial charge in [0, 0.05) is 25.4 Å². The van der Waals surface area contributed by atoms with Crippen LogP contribution in [0.3, 0.4) is 0 Å². The van der Waals surface area contributed by atoms with Crippen molar-refractivity contribution in [1.82, 2.24) is 9.88 Å². The fourth-order valence-electron chi connectivity index (χ4n) is 7.47. The van der Waals surface area contributed by atoms with Gasteiger partial charge in [-0.1, -0.05) is 13.0 Å². The van der Waals surface area contributed by atoms with Crippen LogP contribution in [0.4, 0.5) is 4.39 Å². The first-order valence-electron chi connectivity index (χ1n) is 12.5. The van der Waals surface area contributed by atoms with Gasteiger partial charge in [-0.15, -0.1) is 0 Å². The van der Waals surface area contributed by atoms with E-state index in [1.807, 2.05) is 18.3 Å². The number of benzene rings is 1. The standard InChI is InChI=1S/C28H33FN2O3/c1-28-11-9-22-21-5-4-18(27(34)31(2)12-10-26(32)33)13-17(21)3-6-23(22)25(28)8-7-24(28)19-14-20(29)16-30-15-19/h4-5,13-16,22-25H,3,6-12H2,1-2H3,(H,32,33). The molecule has 3 aliphatic carbocycles. The Morgan fingerprint density at radius 2 is 2.00 bits per heavy atom. The lowest BCUT2D eigenvalue weighted by Gasteiger charge is -2.51. The van der Waals surface area contributed by atoms with Crippen LogP contribution in [0.5, 0.6) is 0 Å². The smallest absolute Gasteiger partial charge is 0.305 e. The molecule has 6 heteroatoms. The Bertz CT molecular complexity index is 1120. The second-order valence-corrected chi connectivity index (χ2v) is 10.8. The number of hydrogen-bond donors (Lipinski definition) is 1. The molecule has 5 unspecified atom stereocenters. The second-order valence-electron chi connectivity index (χ2n) is 10.8. The number of carbonyl (C=O) groups is 2. The first-order valence-corrected chi connectivity index (χ1v) is 12.5. The molecule has 1 heterocycles. The topological polar surface area (TPSA) is 70.5 Å². The number of rotatable bonds is 5. The van der Waals surface area contributed by atoms with E-state index in [1.165, 1.54) is 28.6 Å². The maximum atomic E-state index is 13.9. The van der Waals surface area contributed by atoms with Crippen molar-refractivity contribution in [1.29, 1.82) is 0 Å². The predicted octanol–water partition coefficient (Wildman–Crippen LogP) is 5.41. The molecule has 0 spiro atoms. The summed E-state index contributed by atoms with van der Waals surface area (Å²) in [5.41, 5.74) is 4.53. The molecule has 0 saturated heterocycles. The fourth-order valence-corrected chi connectivity index (χ4v) is 7.47. The van der Waals surface area contributed by atoms with Crippen LogP contribution in [0.25, 0.3) is 0 Å². The highest BCUT2D eigenvalue weighted by molar-refractivity contribution is 5.94. The first kappa shape index (κ1) is 23.0. The summed E-state index contributed by atoms with van der Waals surface area (Å²) in [6, 6.07) is 7.79. The van der Waals surface area contributed by atoms with Crippen LogP contribution in [0.15, 0.2) is 36.7 Å². The van der Waals surface area contributed by atoms with E-state index in [-0.39, 0.29) is 30.1 Å². The van der Waals surface area contributed by atoms with Crippen LogP contribution in [0.1, 0.15) is 84.3 Å². The SMILES string of the molecule is CN(CCC(=O)O)C(=O)c1ccc2c(c1)CCC1C2CCC2(C)C(c3cncc(F)c3)CCC12. The molecular weight excluding hydrogens is 431 g/mol. The molecule has 0 aliphatic heterocycles. The van der Waals surface area contributed by atoms with Crippen LogP contribution < -0.4 is 0 Å². The molecule has 1 aromatic heterocycles. The van der Waals surface area contributed by atoms with E-state index in [1.54, 1.807) is 13.1 Å². The number of carboxylic acid groups (broad SMARTS) is 1. The zero-order chi connectivity index (χ0) is 24.0. The van der Waals surface area contributed by atoms with Crippen LogP contribution in [0.2, 0.25) is 0 Å². The largest absolute Gasteiger partial charge is 0.481 e. The number of aromatic nitrogens is 1. The van der Waals surface area contributed by atoms with Crippen LogP contribution >= 0.6 is 0 Å². The number of aryl methyl sites for hydroxylation is 1. The maximum absolute atomic E-state index is 13.9. The molecule has 1 N–H and O–H groups in total. The fraction of sp³-hybridized carbons (Fsp3) is 0.536. The zero-order valence-corrected chi connectivity index (χ0v) is 20.0. The average Bonchev–Trinajstić information content (AvgIpc) is 3.18. The number of carbonyl (C=O) groups excluding carboxylic acids is 1. The lowest BCUT2D eigenvalue weighted by molar-refractivity contribution is -0.137. The third-order valence-electron chi connectivity index (χ3n) is 9.11. The summed E-state index contributed by atoms with van der Waals surface area (Å²) in [4.78, 5) is 29.3. The predicted molar refractivity (Wildman–Crippen MR) is 127 cm³/mol. The molecule has 2 fully saturated rings. The molecule has 5 nitrogen and oxygen atoms in total. The highest BCUT2D eigenvalue weighted by atomic mass is 19.1. The van der Waals surface area contributed by atoms with Gasteiger partial charge in [0.05, 0.1) is 12.6 Å². The van der Waals surface area contributed by atoms with Crippen molar-refractivity contribution >= 4 is 11.9 Å². The minimum Gasteiger partial charge on any atom is -0.481 e. The van der Waals surface area contributed by atoms with Gasteiger partial charge in [0.2, 0.25) is 0 Å². The maximum Gasteiger partial charge on any atom is 0.305 e. The molecule has 5 atom stereocenters. The third-order valence-corrected chi connectivity index (χ3v) is 9.11. The van der Waals surface area contributed by atoms with Gasteiger partial charge in [0.1, 0.15) is 5.82 Å². The molecule has 180 valence electrons. The van der Waals surface area contributed by atoms with E-state index in [0.29, 0.717) is 29.2 Å². The summed E-state index contributed by atoms with van der Waals surface area (Å²) in [6.07, 6.45) is 9.70. The van der Waals surface area contributed by atoms with Crippen molar-refractivity contribution in [3.63, 3.8) is 0 Å². The number of hydrogen-bond acceptors (Lipinski definition) is 3.